The van der Waals surface area contributed by atoms with Crippen molar-refractivity contribution in [1.29, 1.82) is 0 Å². The van der Waals surface area contributed by atoms with Gasteiger partial charge in [0, 0.05) is 31.5 Å². The zero-order chi connectivity index (χ0) is 22.4. The molecule has 31 heavy (non-hydrogen) atoms. The standard InChI is InChI=1S/C23H28N4O3S/c1-16(2)24-23(29)27(15-19-7-5-11-30-19)14-17-13-18(9-10-20(17)26(3)4)25-22(28)21-8-6-12-31-21/h5-13,16H,14-15H2,1-4H3,(H,24,29)(H,25,28). The van der Waals surface area contributed by atoms with Crippen LogP contribution in [0.25, 0.3) is 0 Å². The van der Waals surface area contributed by atoms with Gasteiger partial charge in [0.05, 0.1) is 24.2 Å². The van der Waals surface area contributed by atoms with Crippen molar-refractivity contribution in [3.8, 4) is 0 Å². The van der Waals surface area contributed by atoms with Crippen molar-refractivity contribution in [2.75, 3.05) is 24.3 Å². The molecule has 164 valence electrons. The van der Waals surface area contributed by atoms with Crippen LogP contribution in [0.4, 0.5) is 16.2 Å². The maximum absolute atomic E-state index is 12.9. The van der Waals surface area contributed by atoms with E-state index in [4.69, 9.17) is 4.42 Å². The lowest BCUT2D eigenvalue weighted by Crippen LogP contribution is -2.42. The second kappa shape index (κ2) is 10.2. The number of thiophene rings is 1. The molecule has 0 fully saturated rings. The molecule has 0 saturated carbocycles. The molecule has 0 bridgehead atoms. The van der Waals surface area contributed by atoms with Crippen molar-refractivity contribution in [2.24, 2.45) is 0 Å². The van der Waals surface area contributed by atoms with Crippen molar-refractivity contribution in [2.45, 2.75) is 33.0 Å². The molecule has 3 rings (SSSR count). The van der Waals surface area contributed by atoms with Gasteiger partial charge in [-0.15, -0.1) is 11.3 Å². The zero-order valence-corrected chi connectivity index (χ0v) is 19.0. The Balaban J connectivity index is 1.87. The Morgan fingerprint density at radius 3 is 2.52 bits per heavy atom. The van der Waals surface area contributed by atoms with Gasteiger partial charge < -0.3 is 24.9 Å². The molecule has 0 aliphatic heterocycles. The van der Waals surface area contributed by atoms with E-state index < -0.39 is 0 Å². The van der Waals surface area contributed by atoms with E-state index in [-0.39, 0.29) is 18.0 Å². The largest absolute Gasteiger partial charge is 0.467 e. The molecular formula is C23H28N4O3S. The fourth-order valence-electron chi connectivity index (χ4n) is 3.16. The summed E-state index contributed by atoms with van der Waals surface area (Å²) in [6.45, 7) is 4.55. The number of anilines is 2. The Kier molecular flexibility index (Phi) is 7.36. The summed E-state index contributed by atoms with van der Waals surface area (Å²) in [5.74, 6) is 0.552. The number of nitrogens with one attached hydrogen (secondary N) is 2. The van der Waals surface area contributed by atoms with Crippen molar-refractivity contribution < 1.29 is 14.0 Å². The predicted octanol–water partition coefficient (Wildman–Crippen LogP) is 4.78. The summed E-state index contributed by atoms with van der Waals surface area (Å²) < 4.78 is 5.46. The van der Waals surface area contributed by atoms with Gasteiger partial charge in [0.2, 0.25) is 0 Å². The molecule has 0 atom stereocenters. The van der Waals surface area contributed by atoms with Gasteiger partial charge in [0.15, 0.2) is 0 Å². The van der Waals surface area contributed by atoms with Crippen molar-refractivity contribution in [3.05, 3.63) is 70.3 Å². The van der Waals surface area contributed by atoms with E-state index in [0.717, 1.165) is 11.3 Å². The highest BCUT2D eigenvalue weighted by Gasteiger charge is 2.19. The minimum atomic E-state index is -0.177. The van der Waals surface area contributed by atoms with E-state index in [0.29, 0.717) is 29.4 Å². The van der Waals surface area contributed by atoms with E-state index in [2.05, 4.69) is 10.6 Å². The van der Waals surface area contributed by atoms with Crippen LogP contribution in [0, 0.1) is 0 Å². The molecule has 8 heteroatoms. The third kappa shape index (κ3) is 6.11. The fraction of sp³-hybridized carbons (Fsp3) is 0.304. The first-order chi connectivity index (χ1) is 14.8. The molecule has 7 nitrogen and oxygen atoms in total. The number of nitrogens with zero attached hydrogens (tertiary/aromatic N) is 2. The third-order valence-electron chi connectivity index (χ3n) is 4.55. The average Bonchev–Trinajstić information content (AvgIpc) is 3.41. The van der Waals surface area contributed by atoms with Crippen LogP contribution >= 0.6 is 11.3 Å². The number of rotatable bonds is 8. The summed E-state index contributed by atoms with van der Waals surface area (Å²) in [5.41, 5.74) is 2.57. The first kappa shape index (κ1) is 22.4. The normalized spacial score (nSPS) is 10.7. The monoisotopic (exact) mass is 440 g/mol. The van der Waals surface area contributed by atoms with Crippen LogP contribution in [0.2, 0.25) is 0 Å². The van der Waals surface area contributed by atoms with Crippen LogP contribution in [0.5, 0.6) is 0 Å². The predicted molar refractivity (Wildman–Crippen MR) is 125 cm³/mol. The molecule has 0 aliphatic carbocycles. The Morgan fingerprint density at radius 2 is 1.90 bits per heavy atom. The Bertz CT molecular complexity index is 998. The van der Waals surface area contributed by atoms with Gasteiger partial charge >= 0.3 is 6.03 Å². The van der Waals surface area contributed by atoms with Crippen molar-refractivity contribution in [3.63, 3.8) is 0 Å². The average molecular weight is 441 g/mol. The van der Waals surface area contributed by atoms with E-state index in [1.807, 2.05) is 68.6 Å². The first-order valence-electron chi connectivity index (χ1n) is 10.1. The highest BCUT2D eigenvalue weighted by molar-refractivity contribution is 7.12. The number of hydrogen-bond acceptors (Lipinski definition) is 5. The second-order valence-corrected chi connectivity index (χ2v) is 8.66. The molecule has 1 aromatic carbocycles. The summed E-state index contributed by atoms with van der Waals surface area (Å²) >= 11 is 1.39. The minimum absolute atomic E-state index is 0.0105. The summed E-state index contributed by atoms with van der Waals surface area (Å²) in [5, 5.41) is 7.77. The number of carbonyl (C=O) groups excluding carboxylic acids is 2. The molecule has 0 spiro atoms. The summed E-state index contributed by atoms with van der Waals surface area (Å²) in [6.07, 6.45) is 1.60. The number of amides is 3. The van der Waals surface area contributed by atoms with Crippen LogP contribution in [0.1, 0.15) is 34.8 Å². The molecule has 0 radical (unpaired) electrons. The molecular weight excluding hydrogens is 412 g/mol. The Morgan fingerprint density at radius 1 is 1.10 bits per heavy atom. The van der Waals surface area contributed by atoms with E-state index in [1.54, 1.807) is 23.3 Å². The maximum atomic E-state index is 12.9. The quantitative estimate of drug-likeness (QED) is 0.528. The van der Waals surface area contributed by atoms with Crippen LogP contribution in [0.3, 0.4) is 0 Å². The Hall–Kier alpha value is -3.26. The van der Waals surface area contributed by atoms with Crippen LogP contribution in [-0.4, -0.2) is 37.0 Å². The summed E-state index contributed by atoms with van der Waals surface area (Å²) in [4.78, 5) is 29.7. The van der Waals surface area contributed by atoms with Gasteiger partial charge in [0.25, 0.3) is 5.91 Å². The van der Waals surface area contributed by atoms with Crippen molar-refractivity contribution in [1.82, 2.24) is 10.2 Å². The minimum Gasteiger partial charge on any atom is -0.467 e. The van der Waals surface area contributed by atoms with Crippen LogP contribution in [-0.2, 0) is 13.1 Å². The van der Waals surface area contributed by atoms with Crippen LogP contribution < -0.4 is 15.5 Å². The summed E-state index contributed by atoms with van der Waals surface area (Å²) in [7, 11) is 3.90. The number of furan rings is 1. The van der Waals surface area contributed by atoms with Crippen molar-refractivity contribution >= 4 is 34.6 Å². The molecule has 0 saturated heterocycles. The lowest BCUT2D eigenvalue weighted by atomic mass is 10.1. The molecule has 0 aliphatic rings. The highest BCUT2D eigenvalue weighted by Crippen LogP contribution is 2.26. The number of hydrogen-bond donors (Lipinski definition) is 2. The molecule has 2 heterocycles. The molecule has 2 aromatic heterocycles. The number of benzene rings is 1. The van der Waals surface area contributed by atoms with E-state index in [1.165, 1.54) is 11.3 Å². The molecule has 3 aromatic rings. The fourth-order valence-corrected chi connectivity index (χ4v) is 3.78. The third-order valence-corrected chi connectivity index (χ3v) is 5.42. The SMILES string of the molecule is CC(C)NC(=O)N(Cc1ccco1)Cc1cc(NC(=O)c2cccs2)ccc1N(C)C. The summed E-state index contributed by atoms with van der Waals surface area (Å²) in [6, 6.07) is 12.9. The molecule has 0 unspecified atom stereocenters. The van der Waals surface area contributed by atoms with Gasteiger partial charge in [-0.2, -0.15) is 0 Å². The number of urea groups is 1. The maximum Gasteiger partial charge on any atom is 0.318 e. The molecule has 2 N–H and O–H groups in total. The second-order valence-electron chi connectivity index (χ2n) is 7.71. The highest BCUT2D eigenvalue weighted by atomic mass is 32.1. The van der Waals surface area contributed by atoms with Gasteiger partial charge in [-0.3, -0.25) is 4.79 Å². The lowest BCUT2D eigenvalue weighted by Gasteiger charge is -2.26. The first-order valence-corrected chi connectivity index (χ1v) is 10.9. The van der Waals surface area contributed by atoms with E-state index in [9.17, 15) is 9.59 Å². The van der Waals surface area contributed by atoms with E-state index >= 15 is 0 Å². The van der Waals surface area contributed by atoms with Gasteiger partial charge in [-0.25, -0.2) is 4.79 Å². The Labute approximate surface area is 186 Å². The van der Waals surface area contributed by atoms with Gasteiger partial charge in [-0.1, -0.05) is 6.07 Å². The number of carbonyl (C=O) groups is 2. The van der Waals surface area contributed by atoms with Gasteiger partial charge in [-0.05, 0) is 61.2 Å². The van der Waals surface area contributed by atoms with Crippen LogP contribution in [0.15, 0.2) is 58.5 Å². The molecule has 3 amide bonds. The lowest BCUT2D eigenvalue weighted by molar-refractivity contribution is 0.103. The smallest absolute Gasteiger partial charge is 0.318 e. The zero-order valence-electron chi connectivity index (χ0n) is 18.2. The van der Waals surface area contributed by atoms with Gasteiger partial charge in [0.1, 0.15) is 5.76 Å². The topological polar surface area (TPSA) is 77.8 Å².